The highest BCUT2D eigenvalue weighted by molar-refractivity contribution is 7.80. The van der Waals surface area contributed by atoms with Crippen LogP contribution in [-0.4, -0.2) is 22.8 Å². The molecule has 1 aliphatic rings. The molecule has 1 fully saturated rings. The predicted octanol–water partition coefficient (Wildman–Crippen LogP) is 1.24. The summed E-state index contributed by atoms with van der Waals surface area (Å²) in [4.78, 5) is 0. The summed E-state index contributed by atoms with van der Waals surface area (Å²) >= 11 is 9.82. The molecule has 104 valence electrons. The quantitative estimate of drug-likeness (QED) is 0.586. The average molecular weight is 288 g/mol. The highest BCUT2D eigenvalue weighted by Crippen LogP contribution is 2.45. The van der Waals surface area contributed by atoms with Gasteiger partial charge in [-0.05, 0) is 54.5 Å². The second kappa shape index (κ2) is 5.57. The smallest absolute Gasteiger partial charge is 0.163 e. The van der Waals surface area contributed by atoms with Gasteiger partial charge in [-0.15, -0.1) is 0 Å². The first kappa shape index (κ1) is 15.4. The van der Waals surface area contributed by atoms with Gasteiger partial charge in [0.1, 0.15) is 0 Å². The molecular formula is C12H24N4S2. The second-order valence-corrected chi connectivity index (χ2v) is 7.36. The van der Waals surface area contributed by atoms with E-state index >= 15 is 0 Å². The first-order chi connectivity index (χ1) is 8.12. The standard InChI is InChI=1S/C12H24N4S2/c1-11(2)4-8(16-10(14)18)5-12(3,6-11)7-15-9(13)17/h8H,4-7H2,1-3H3,(H3,13,15,17)(H3,14,16,18)/t8?,12-/m1/s1. The molecular weight excluding hydrogens is 264 g/mol. The van der Waals surface area contributed by atoms with Crippen LogP contribution in [0.15, 0.2) is 0 Å². The molecule has 0 saturated heterocycles. The number of hydrogen-bond donors (Lipinski definition) is 4. The van der Waals surface area contributed by atoms with E-state index in [0.717, 1.165) is 25.8 Å². The minimum atomic E-state index is 0.146. The summed E-state index contributed by atoms with van der Waals surface area (Å²) in [5.74, 6) is 0. The number of hydrogen-bond acceptors (Lipinski definition) is 2. The molecule has 2 atom stereocenters. The van der Waals surface area contributed by atoms with Crippen LogP contribution in [0.3, 0.4) is 0 Å². The van der Waals surface area contributed by atoms with Crippen molar-refractivity contribution in [2.45, 2.75) is 46.1 Å². The van der Waals surface area contributed by atoms with Gasteiger partial charge in [0.25, 0.3) is 0 Å². The zero-order valence-corrected chi connectivity index (χ0v) is 13.0. The SMILES string of the molecule is CC1(C)CC(NC(N)=S)C[C@@](C)(CNC(N)=S)C1. The van der Waals surface area contributed by atoms with Crippen LogP contribution in [0.2, 0.25) is 0 Å². The van der Waals surface area contributed by atoms with Gasteiger partial charge < -0.3 is 22.1 Å². The first-order valence-corrected chi connectivity index (χ1v) is 7.03. The van der Waals surface area contributed by atoms with Crippen LogP contribution in [0, 0.1) is 10.8 Å². The molecule has 0 spiro atoms. The van der Waals surface area contributed by atoms with Crippen LogP contribution < -0.4 is 22.1 Å². The van der Waals surface area contributed by atoms with Crippen molar-refractivity contribution in [3.8, 4) is 0 Å². The topological polar surface area (TPSA) is 76.1 Å². The molecule has 0 amide bonds. The van der Waals surface area contributed by atoms with Crippen LogP contribution >= 0.6 is 24.4 Å². The van der Waals surface area contributed by atoms with Gasteiger partial charge in [0.05, 0.1) is 0 Å². The fourth-order valence-electron chi connectivity index (χ4n) is 3.37. The molecule has 0 aromatic heterocycles. The molecule has 1 unspecified atom stereocenters. The fourth-order valence-corrected chi connectivity index (χ4v) is 3.61. The largest absolute Gasteiger partial charge is 0.376 e. The Balaban J connectivity index is 2.72. The van der Waals surface area contributed by atoms with Crippen LogP contribution in [0.25, 0.3) is 0 Å². The Hall–Kier alpha value is -0.620. The molecule has 0 radical (unpaired) electrons. The Bertz CT molecular complexity index is 343. The van der Waals surface area contributed by atoms with E-state index in [0.29, 0.717) is 16.3 Å². The van der Waals surface area contributed by atoms with Crippen LogP contribution in [0.5, 0.6) is 0 Å². The summed E-state index contributed by atoms with van der Waals surface area (Å²) in [5.41, 5.74) is 11.5. The van der Waals surface area contributed by atoms with E-state index in [1.165, 1.54) is 0 Å². The zero-order valence-electron chi connectivity index (χ0n) is 11.4. The van der Waals surface area contributed by atoms with Crippen molar-refractivity contribution in [2.24, 2.45) is 22.3 Å². The summed E-state index contributed by atoms with van der Waals surface area (Å²) in [6.45, 7) is 7.60. The van der Waals surface area contributed by atoms with E-state index < -0.39 is 0 Å². The maximum atomic E-state index is 5.59. The van der Waals surface area contributed by atoms with Gasteiger partial charge in [-0.3, -0.25) is 0 Å². The summed E-state index contributed by atoms with van der Waals surface area (Å²) in [6.07, 6.45) is 3.22. The van der Waals surface area contributed by atoms with Crippen molar-refractivity contribution in [1.29, 1.82) is 0 Å². The zero-order chi connectivity index (χ0) is 14.0. The van der Waals surface area contributed by atoms with Crippen molar-refractivity contribution in [3.05, 3.63) is 0 Å². The number of rotatable bonds is 3. The molecule has 0 bridgehead atoms. The lowest BCUT2D eigenvalue weighted by Crippen LogP contribution is -2.51. The van der Waals surface area contributed by atoms with E-state index in [4.69, 9.17) is 35.9 Å². The minimum Gasteiger partial charge on any atom is -0.376 e. The summed E-state index contributed by atoms with van der Waals surface area (Å²) < 4.78 is 0. The van der Waals surface area contributed by atoms with Crippen LogP contribution in [0.1, 0.15) is 40.0 Å². The lowest BCUT2D eigenvalue weighted by molar-refractivity contribution is 0.0805. The highest BCUT2D eigenvalue weighted by Gasteiger charge is 2.41. The molecule has 0 aromatic carbocycles. The van der Waals surface area contributed by atoms with Gasteiger partial charge in [-0.1, -0.05) is 20.8 Å². The molecule has 1 aliphatic carbocycles. The van der Waals surface area contributed by atoms with Crippen LogP contribution in [-0.2, 0) is 0 Å². The third-order valence-corrected chi connectivity index (χ3v) is 3.74. The number of thiocarbonyl (C=S) groups is 2. The molecule has 1 saturated carbocycles. The van der Waals surface area contributed by atoms with Crippen LogP contribution in [0.4, 0.5) is 0 Å². The maximum absolute atomic E-state index is 5.59. The fraction of sp³-hybridized carbons (Fsp3) is 0.833. The average Bonchev–Trinajstić information content (AvgIpc) is 2.10. The molecule has 6 N–H and O–H groups in total. The second-order valence-electron chi connectivity index (χ2n) is 6.48. The molecule has 6 heteroatoms. The summed E-state index contributed by atoms with van der Waals surface area (Å²) in [5, 5.41) is 7.02. The third kappa shape index (κ3) is 4.94. The van der Waals surface area contributed by atoms with Gasteiger partial charge in [0, 0.05) is 12.6 Å². The van der Waals surface area contributed by atoms with Crippen molar-refractivity contribution < 1.29 is 0 Å². The van der Waals surface area contributed by atoms with Crippen molar-refractivity contribution in [2.75, 3.05) is 6.54 Å². The number of nitrogens with two attached hydrogens (primary N) is 2. The normalized spacial score (nSPS) is 30.5. The van der Waals surface area contributed by atoms with E-state index in [1.54, 1.807) is 0 Å². The lowest BCUT2D eigenvalue weighted by atomic mass is 9.62. The first-order valence-electron chi connectivity index (χ1n) is 6.21. The van der Waals surface area contributed by atoms with Gasteiger partial charge in [0.15, 0.2) is 10.2 Å². The Labute approximate surface area is 120 Å². The minimum absolute atomic E-state index is 0.146. The maximum Gasteiger partial charge on any atom is 0.163 e. The highest BCUT2D eigenvalue weighted by atomic mass is 32.1. The van der Waals surface area contributed by atoms with E-state index in [9.17, 15) is 0 Å². The van der Waals surface area contributed by atoms with Crippen molar-refractivity contribution >= 4 is 34.7 Å². The molecule has 4 nitrogen and oxygen atoms in total. The van der Waals surface area contributed by atoms with Gasteiger partial charge >= 0.3 is 0 Å². The van der Waals surface area contributed by atoms with E-state index in [1.807, 2.05) is 0 Å². The molecule has 18 heavy (non-hydrogen) atoms. The molecule has 0 heterocycles. The Morgan fingerprint density at radius 2 is 1.78 bits per heavy atom. The Morgan fingerprint density at radius 3 is 2.28 bits per heavy atom. The van der Waals surface area contributed by atoms with Crippen molar-refractivity contribution in [3.63, 3.8) is 0 Å². The summed E-state index contributed by atoms with van der Waals surface area (Å²) in [6, 6.07) is 0.324. The monoisotopic (exact) mass is 288 g/mol. The van der Waals surface area contributed by atoms with Gasteiger partial charge in [0.2, 0.25) is 0 Å². The molecule has 1 rings (SSSR count). The van der Waals surface area contributed by atoms with E-state index in [2.05, 4.69) is 31.4 Å². The van der Waals surface area contributed by atoms with Gasteiger partial charge in [-0.2, -0.15) is 0 Å². The molecule has 0 aliphatic heterocycles. The summed E-state index contributed by atoms with van der Waals surface area (Å²) in [7, 11) is 0. The molecule has 0 aromatic rings. The van der Waals surface area contributed by atoms with Gasteiger partial charge in [-0.25, -0.2) is 0 Å². The lowest BCUT2D eigenvalue weighted by Gasteiger charge is -2.47. The Morgan fingerprint density at radius 1 is 1.17 bits per heavy atom. The number of nitrogens with one attached hydrogen (secondary N) is 2. The Kier molecular flexibility index (Phi) is 4.78. The third-order valence-electron chi connectivity index (χ3n) is 3.48. The predicted molar refractivity (Wildman–Crippen MR) is 84.2 cm³/mol. The van der Waals surface area contributed by atoms with E-state index in [-0.39, 0.29) is 10.8 Å². The van der Waals surface area contributed by atoms with Crippen molar-refractivity contribution in [1.82, 2.24) is 10.6 Å².